The highest BCUT2D eigenvalue weighted by molar-refractivity contribution is 5.21. The first-order valence-electron chi connectivity index (χ1n) is 6.23. The summed E-state index contributed by atoms with van der Waals surface area (Å²) in [6.45, 7) is 10.0. The Hall–Kier alpha value is -1.55. The van der Waals surface area contributed by atoms with Crippen molar-refractivity contribution in [1.82, 2.24) is 14.9 Å². The molecule has 0 bridgehead atoms. The van der Waals surface area contributed by atoms with Gasteiger partial charge in [0.15, 0.2) is 0 Å². The van der Waals surface area contributed by atoms with Crippen LogP contribution in [-0.4, -0.2) is 15.1 Å². The Balaban J connectivity index is 2.03. The molecule has 1 N–H and O–H groups in total. The summed E-state index contributed by atoms with van der Waals surface area (Å²) in [5.74, 6) is 1.96. The molecule has 0 aromatic carbocycles. The van der Waals surface area contributed by atoms with Gasteiger partial charge in [0.25, 0.3) is 0 Å². The molecule has 0 amide bonds. The number of nitrogens with zero attached hydrogens (tertiary/aromatic N) is 2. The molecular formula is C14H21N3O. The largest absolute Gasteiger partial charge is 0.465 e. The maximum atomic E-state index is 5.76. The van der Waals surface area contributed by atoms with Crippen molar-refractivity contribution in [3.05, 3.63) is 41.9 Å². The monoisotopic (exact) mass is 247 g/mol. The van der Waals surface area contributed by atoms with Gasteiger partial charge in [0, 0.05) is 23.5 Å². The molecule has 0 aliphatic heterocycles. The SMILES string of the molecule is Cc1oc(CNC(C)(C)C)cc1Cn1ccnc1. The van der Waals surface area contributed by atoms with Gasteiger partial charge in [0.05, 0.1) is 19.4 Å². The minimum atomic E-state index is 0.102. The van der Waals surface area contributed by atoms with Crippen LogP contribution in [0.1, 0.15) is 37.9 Å². The fourth-order valence-corrected chi connectivity index (χ4v) is 1.76. The third kappa shape index (κ3) is 3.47. The van der Waals surface area contributed by atoms with Crippen molar-refractivity contribution < 1.29 is 4.42 Å². The summed E-state index contributed by atoms with van der Waals surface area (Å²) in [6, 6.07) is 2.12. The van der Waals surface area contributed by atoms with Gasteiger partial charge < -0.3 is 14.3 Å². The van der Waals surface area contributed by atoms with Crippen LogP contribution >= 0.6 is 0 Å². The van der Waals surface area contributed by atoms with Gasteiger partial charge in [-0.25, -0.2) is 4.98 Å². The minimum Gasteiger partial charge on any atom is -0.465 e. The van der Waals surface area contributed by atoms with Crippen LogP contribution in [0, 0.1) is 6.92 Å². The van der Waals surface area contributed by atoms with Crippen LogP contribution in [-0.2, 0) is 13.1 Å². The topological polar surface area (TPSA) is 43.0 Å². The highest BCUT2D eigenvalue weighted by atomic mass is 16.3. The van der Waals surface area contributed by atoms with E-state index < -0.39 is 0 Å². The Kier molecular flexibility index (Phi) is 3.57. The van der Waals surface area contributed by atoms with Crippen molar-refractivity contribution in [2.45, 2.75) is 46.3 Å². The first kappa shape index (κ1) is 12.9. The molecule has 98 valence electrons. The molecule has 0 saturated carbocycles. The van der Waals surface area contributed by atoms with E-state index in [9.17, 15) is 0 Å². The van der Waals surface area contributed by atoms with Gasteiger partial charge in [0.2, 0.25) is 0 Å². The van der Waals surface area contributed by atoms with Crippen LogP contribution < -0.4 is 5.32 Å². The predicted molar refractivity (Wildman–Crippen MR) is 71.4 cm³/mol. The van der Waals surface area contributed by atoms with Crippen molar-refractivity contribution in [2.75, 3.05) is 0 Å². The van der Waals surface area contributed by atoms with Crippen LogP contribution in [0.2, 0.25) is 0 Å². The third-order valence-corrected chi connectivity index (χ3v) is 2.78. The number of furan rings is 1. The fourth-order valence-electron chi connectivity index (χ4n) is 1.76. The Morgan fingerprint density at radius 2 is 2.17 bits per heavy atom. The second-order valence-electron chi connectivity index (χ2n) is 5.63. The molecule has 2 aromatic heterocycles. The van der Waals surface area contributed by atoms with Crippen LogP contribution in [0.5, 0.6) is 0 Å². The van der Waals surface area contributed by atoms with Crippen molar-refractivity contribution in [3.63, 3.8) is 0 Å². The molecule has 0 aliphatic carbocycles. The average Bonchev–Trinajstić information content (AvgIpc) is 2.86. The number of aromatic nitrogens is 2. The predicted octanol–water partition coefficient (Wildman–Crippen LogP) is 2.72. The summed E-state index contributed by atoms with van der Waals surface area (Å²) in [5, 5.41) is 3.42. The highest BCUT2D eigenvalue weighted by Gasteiger charge is 2.12. The molecule has 0 radical (unpaired) electrons. The summed E-state index contributed by atoms with van der Waals surface area (Å²) in [6.07, 6.45) is 5.57. The number of aryl methyl sites for hydroxylation is 1. The lowest BCUT2D eigenvalue weighted by atomic mass is 10.1. The number of imidazole rings is 1. The molecule has 0 unspecified atom stereocenters. The summed E-state index contributed by atoms with van der Waals surface area (Å²) in [4.78, 5) is 4.04. The van der Waals surface area contributed by atoms with Crippen LogP contribution in [0.3, 0.4) is 0 Å². The van der Waals surface area contributed by atoms with E-state index in [4.69, 9.17) is 4.42 Å². The average molecular weight is 247 g/mol. The van der Waals surface area contributed by atoms with Crippen molar-refractivity contribution in [3.8, 4) is 0 Å². The molecular weight excluding hydrogens is 226 g/mol. The van der Waals surface area contributed by atoms with Gasteiger partial charge in [-0.3, -0.25) is 0 Å². The van der Waals surface area contributed by atoms with Gasteiger partial charge in [-0.1, -0.05) is 0 Å². The van der Waals surface area contributed by atoms with Gasteiger partial charge in [-0.15, -0.1) is 0 Å². The zero-order chi connectivity index (χ0) is 13.2. The lowest BCUT2D eigenvalue weighted by Crippen LogP contribution is -2.34. The van der Waals surface area contributed by atoms with Gasteiger partial charge in [-0.05, 0) is 33.8 Å². The number of hydrogen-bond acceptors (Lipinski definition) is 3. The Morgan fingerprint density at radius 3 is 2.78 bits per heavy atom. The number of nitrogens with one attached hydrogen (secondary N) is 1. The smallest absolute Gasteiger partial charge is 0.118 e. The first-order chi connectivity index (χ1) is 8.44. The van der Waals surface area contributed by atoms with E-state index in [-0.39, 0.29) is 5.54 Å². The molecule has 4 heteroatoms. The molecule has 0 fully saturated rings. The van der Waals surface area contributed by atoms with Crippen molar-refractivity contribution >= 4 is 0 Å². The van der Waals surface area contributed by atoms with E-state index in [2.05, 4.69) is 37.1 Å². The van der Waals surface area contributed by atoms with E-state index in [0.29, 0.717) is 0 Å². The lowest BCUT2D eigenvalue weighted by molar-refractivity contribution is 0.382. The van der Waals surface area contributed by atoms with E-state index in [1.807, 2.05) is 24.0 Å². The number of hydrogen-bond donors (Lipinski definition) is 1. The van der Waals surface area contributed by atoms with Crippen LogP contribution in [0.15, 0.2) is 29.2 Å². The first-order valence-corrected chi connectivity index (χ1v) is 6.23. The van der Waals surface area contributed by atoms with Crippen molar-refractivity contribution in [2.24, 2.45) is 0 Å². The molecule has 0 spiro atoms. The Bertz CT molecular complexity index is 492. The van der Waals surface area contributed by atoms with Gasteiger partial charge in [0.1, 0.15) is 11.5 Å². The highest BCUT2D eigenvalue weighted by Crippen LogP contribution is 2.16. The summed E-state index contributed by atoms with van der Waals surface area (Å²) in [7, 11) is 0. The second-order valence-corrected chi connectivity index (χ2v) is 5.63. The quantitative estimate of drug-likeness (QED) is 0.903. The van der Waals surface area contributed by atoms with E-state index in [0.717, 1.165) is 24.6 Å². The zero-order valence-corrected chi connectivity index (χ0v) is 11.5. The number of rotatable bonds is 4. The van der Waals surface area contributed by atoms with E-state index in [1.54, 1.807) is 6.20 Å². The zero-order valence-electron chi connectivity index (χ0n) is 11.5. The summed E-state index contributed by atoms with van der Waals surface area (Å²) in [5.41, 5.74) is 1.31. The molecule has 18 heavy (non-hydrogen) atoms. The molecule has 0 aliphatic rings. The normalized spacial score (nSPS) is 12.0. The maximum Gasteiger partial charge on any atom is 0.118 e. The molecule has 0 saturated heterocycles. The lowest BCUT2D eigenvalue weighted by Gasteiger charge is -2.19. The summed E-state index contributed by atoms with van der Waals surface area (Å²) < 4.78 is 7.80. The van der Waals surface area contributed by atoms with E-state index >= 15 is 0 Å². The second kappa shape index (κ2) is 4.98. The fraction of sp³-hybridized carbons (Fsp3) is 0.500. The Morgan fingerprint density at radius 1 is 1.39 bits per heavy atom. The van der Waals surface area contributed by atoms with Gasteiger partial charge >= 0.3 is 0 Å². The van der Waals surface area contributed by atoms with Crippen LogP contribution in [0.25, 0.3) is 0 Å². The van der Waals surface area contributed by atoms with Gasteiger partial charge in [-0.2, -0.15) is 0 Å². The molecule has 0 atom stereocenters. The minimum absolute atomic E-state index is 0.102. The molecule has 2 heterocycles. The Labute approximate surface area is 108 Å². The van der Waals surface area contributed by atoms with E-state index in [1.165, 1.54) is 5.56 Å². The molecule has 2 rings (SSSR count). The van der Waals surface area contributed by atoms with Crippen LogP contribution in [0.4, 0.5) is 0 Å². The standard InChI is InChI=1S/C14H21N3O/c1-11-12(9-17-6-5-15-10-17)7-13(18-11)8-16-14(2,3)4/h5-7,10,16H,8-9H2,1-4H3. The van der Waals surface area contributed by atoms with Crippen molar-refractivity contribution in [1.29, 1.82) is 0 Å². The molecule has 4 nitrogen and oxygen atoms in total. The molecule has 2 aromatic rings. The third-order valence-electron chi connectivity index (χ3n) is 2.78. The maximum absolute atomic E-state index is 5.76. The summed E-state index contributed by atoms with van der Waals surface area (Å²) >= 11 is 0.